The van der Waals surface area contributed by atoms with Gasteiger partial charge in [-0.3, -0.25) is 4.90 Å². The summed E-state index contributed by atoms with van der Waals surface area (Å²) in [5.41, 5.74) is 5.90. The van der Waals surface area contributed by atoms with Crippen molar-refractivity contribution in [1.82, 2.24) is 4.90 Å². The Kier molecular flexibility index (Phi) is 2.92. The van der Waals surface area contributed by atoms with Gasteiger partial charge in [0.15, 0.2) is 5.79 Å². The smallest absolute Gasteiger partial charge is 0.168 e. The monoisotopic (exact) mass is 226 g/mol. The molecule has 16 heavy (non-hydrogen) atoms. The zero-order valence-corrected chi connectivity index (χ0v) is 9.86. The molecule has 2 aliphatic heterocycles. The molecule has 3 rings (SSSR count). The molecule has 2 N–H and O–H groups in total. The maximum absolute atomic E-state index is 6.10. The van der Waals surface area contributed by atoms with Crippen LogP contribution in [0.15, 0.2) is 0 Å². The van der Waals surface area contributed by atoms with Crippen molar-refractivity contribution < 1.29 is 9.47 Å². The maximum Gasteiger partial charge on any atom is 0.168 e. The van der Waals surface area contributed by atoms with Gasteiger partial charge in [0, 0.05) is 32.0 Å². The summed E-state index contributed by atoms with van der Waals surface area (Å²) < 4.78 is 12.0. The Labute approximate surface area is 97.1 Å². The first-order chi connectivity index (χ1) is 7.76. The fraction of sp³-hybridized carbons (Fsp3) is 1.00. The average molecular weight is 226 g/mol. The molecule has 0 radical (unpaired) electrons. The van der Waals surface area contributed by atoms with E-state index >= 15 is 0 Å². The van der Waals surface area contributed by atoms with E-state index < -0.39 is 0 Å². The van der Waals surface area contributed by atoms with Gasteiger partial charge in [-0.15, -0.1) is 0 Å². The van der Waals surface area contributed by atoms with Crippen molar-refractivity contribution in [3.63, 3.8) is 0 Å². The summed E-state index contributed by atoms with van der Waals surface area (Å²) >= 11 is 0. The van der Waals surface area contributed by atoms with Gasteiger partial charge in [-0.2, -0.15) is 0 Å². The van der Waals surface area contributed by atoms with E-state index in [9.17, 15) is 0 Å². The Morgan fingerprint density at radius 3 is 2.81 bits per heavy atom. The van der Waals surface area contributed by atoms with E-state index in [2.05, 4.69) is 4.90 Å². The van der Waals surface area contributed by atoms with Gasteiger partial charge in [0.1, 0.15) is 0 Å². The molecule has 0 bridgehead atoms. The summed E-state index contributed by atoms with van der Waals surface area (Å²) in [7, 11) is 0. The van der Waals surface area contributed by atoms with E-state index in [1.54, 1.807) is 0 Å². The number of nitrogens with two attached hydrogens (primary N) is 1. The van der Waals surface area contributed by atoms with Crippen LogP contribution in [0.2, 0.25) is 0 Å². The SMILES string of the molecule is NC1CCN(CC2COC3(CCCC3)O2)C1. The van der Waals surface area contributed by atoms with Crippen LogP contribution in [0.1, 0.15) is 32.1 Å². The quantitative estimate of drug-likeness (QED) is 0.753. The molecule has 2 heterocycles. The molecule has 0 aromatic rings. The Hall–Kier alpha value is -0.160. The van der Waals surface area contributed by atoms with Gasteiger partial charge in [0.25, 0.3) is 0 Å². The van der Waals surface area contributed by atoms with Crippen molar-refractivity contribution in [2.24, 2.45) is 5.73 Å². The van der Waals surface area contributed by atoms with Gasteiger partial charge in [-0.25, -0.2) is 0 Å². The van der Waals surface area contributed by atoms with E-state index in [0.29, 0.717) is 6.04 Å². The number of rotatable bonds is 2. The van der Waals surface area contributed by atoms with Crippen molar-refractivity contribution >= 4 is 0 Å². The van der Waals surface area contributed by atoms with E-state index in [1.807, 2.05) is 0 Å². The van der Waals surface area contributed by atoms with Crippen LogP contribution in [0.5, 0.6) is 0 Å². The molecule has 1 spiro atoms. The Balaban J connectivity index is 1.50. The molecule has 1 aliphatic carbocycles. The van der Waals surface area contributed by atoms with Gasteiger partial charge in [-0.1, -0.05) is 0 Å². The van der Waals surface area contributed by atoms with E-state index in [1.165, 1.54) is 12.8 Å². The highest BCUT2D eigenvalue weighted by Crippen LogP contribution is 2.39. The summed E-state index contributed by atoms with van der Waals surface area (Å²) in [6.07, 6.45) is 6.07. The predicted molar refractivity (Wildman–Crippen MR) is 61.1 cm³/mol. The highest BCUT2D eigenvalue weighted by atomic mass is 16.7. The zero-order valence-electron chi connectivity index (χ0n) is 9.86. The molecule has 2 saturated heterocycles. The van der Waals surface area contributed by atoms with Crippen LogP contribution >= 0.6 is 0 Å². The van der Waals surface area contributed by atoms with Crippen molar-refractivity contribution in [2.45, 2.75) is 50.0 Å². The molecule has 0 amide bonds. The molecule has 1 saturated carbocycles. The summed E-state index contributed by atoms with van der Waals surface area (Å²) in [5.74, 6) is -0.202. The van der Waals surface area contributed by atoms with Crippen molar-refractivity contribution in [2.75, 3.05) is 26.2 Å². The molecular weight excluding hydrogens is 204 g/mol. The molecule has 3 fully saturated rings. The lowest BCUT2D eigenvalue weighted by molar-refractivity contribution is -0.163. The number of nitrogens with zero attached hydrogens (tertiary/aromatic N) is 1. The molecule has 4 nitrogen and oxygen atoms in total. The highest BCUT2D eigenvalue weighted by molar-refractivity contribution is 4.87. The second-order valence-electron chi connectivity index (χ2n) is 5.48. The van der Waals surface area contributed by atoms with Gasteiger partial charge < -0.3 is 15.2 Å². The third-order valence-corrected chi connectivity index (χ3v) is 4.05. The largest absolute Gasteiger partial charge is 0.347 e. The van der Waals surface area contributed by atoms with Crippen LogP contribution in [0.4, 0.5) is 0 Å². The maximum atomic E-state index is 6.10. The summed E-state index contributed by atoms with van der Waals surface area (Å²) in [6.45, 7) is 3.90. The first-order valence-corrected chi connectivity index (χ1v) is 6.55. The first-order valence-electron chi connectivity index (χ1n) is 6.55. The zero-order chi connectivity index (χ0) is 11.0. The molecule has 0 aromatic heterocycles. The molecular formula is C12H22N2O2. The first kappa shape index (κ1) is 11.0. The van der Waals surface area contributed by atoms with Crippen LogP contribution in [0.3, 0.4) is 0 Å². The molecule has 92 valence electrons. The minimum Gasteiger partial charge on any atom is -0.347 e. The van der Waals surface area contributed by atoms with Crippen LogP contribution in [-0.4, -0.2) is 49.1 Å². The number of ether oxygens (including phenoxy) is 2. The lowest BCUT2D eigenvalue weighted by atomic mass is 10.2. The van der Waals surface area contributed by atoms with Crippen molar-refractivity contribution in [3.05, 3.63) is 0 Å². The lowest BCUT2D eigenvalue weighted by Crippen LogP contribution is -2.35. The second-order valence-corrected chi connectivity index (χ2v) is 5.48. The minimum atomic E-state index is -0.202. The number of hydrogen-bond acceptors (Lipinski definition) is 4. The fourth-order valence-corrected chi connectivity index (χ4v) is 3.20. The van der Waals surface area contributed by atoms with E-state index in [0.717, 1.165) is 45.5 Å². The topological polar surface area (TPSA) is 47.7 Å². The standard InChI is InChI=1S/C12H22N2O2/c13-10-3-6-14(7-10)8-11-9-15-12(16-11)4-1-2-5-12/h10-11H,1-9,13H2. The molecule has 3 aliphatic rings. The average Bonchev–Trinajstić information content (AvgIpc) is 2.94. The van der Waals surface area contributed by atoms with Crippen LogP contribution in [-0.2, 0) is 9.47 Å². The predicted octanol–water partition coefficient (Wildman–Crippen LogP) is 0.705. The van der Waals surface area contributed by atoms with Crippen LogP contribution < -0.4 is 5.73 Å². The third kappa shape index (κ3) is 2.12. The van der Waals surface area contributed by atoms with Crippen molar-refractivity contribution in [1.29, 1.82) is 0 Å². The van der Waals surface area contributed by atoms with Crippen LogP contribution in [0.25, 0.3) is 0 Å². The number of hydrogen-bond donors (Lipinski definition) is 1. The van der Waals surface area contributed by atoms with Gasteiger partial charge >= 0.3 is 0 Å². The Morgan fingerprint density at radius 1 is 1.31 bits per heavy atom. The Bertz CT molecular complexity index is 253. The second kappa shape index (κ2) is 4.26. The summed E-state index contributed by atoms with van der Waals surface area (Å²) in [5, 5.41) is 0. The third-order valence-electron chi connectivity index (χ3n) is 4.05. The molecule has 2 unspecified atom stereocenters. The lowest BCUT2D eigenvalue weighted by Gasteiger charge is -2.23. The Morgan fingerprint density at radius 2 is 2.12 bits per heavy atom. The normalized spacial score (nSPS) is 38.8. The molecule has 4 heteroatoms. The van der Waals surface area contributed by atoms with Gasteiger partial charge in [0.05, 0.1) is 12.7 Å². The van der Waals surface area contributed by atoms with Gasteiger partial charge in [0.2, 0.25) is 0 Å². The summed E-state index contributed by atoms with van der Waals surface area (Å²) in [4.78, 5) is 2.41. The van der Waals surface area contributed by atoms with Crippen LogP contribution in [0, 0.1) is 0 Å². The molecule has 2 atom stereocenters. The molecule has 0 aromatic carbocycles. The van der Waals surface area contributed by atoms with Gasteiger partial charge in [-0.05, 0) is 25.8 Å². The summed E-state index contributed by atoms with van der Waals surface area (Å²) in [6, 6.07) is 0.364. The number of likely N-dealkylation sites (tertiary alicyclic amines) is 1. The fourth-order valence-electron chi connectivity index (χ4n) is 3.20. The van der Waals surface area contributed by atoms with Crippen molar-refractivity contribution in [3.8, 4) is 0 Å². The van der Waals surface area contributed by atoms with E-state index in [-0.39, 0.29) is 11.9 Å². The van der Waals surface area contributed by atoms with E-state index in [4.69, 9.17) is 15.2 Å². The highest BCUT2D eigenvalue weighted by Gasteiger charge is 2.44. The minimum absolute atomic E-state index is 0.202.